The van der Waals surface area contributed by atoms with E-state index >= 15 is 0 Å². The highest BCUT2D eigenvalue weighted by molar-refractivity contribution is 9.10. The molecular weight excluding hydrogens is 347 g/mol. The lowest BCUT2D eigenvalue weighted by Crippen LogP contribution is -2.15. The van der Waals surface area contributed by atoms with Crippen LogP contribution in [-0.4, -0.2) is 8.42 Å². The summed E-state index contributed by atoms with van der Waals surface area (Å²) in [5.74, 6) is -0.567. The standard InChI is InChI=1S/C13H12BrFN2O2S/c1-8-2-3-9(14)6-13(8)20(18,19)17-12-7-10(15)4-5-11(12)16/h2-7,17H,16H2,1H3. The summed E-state index contributed by atoms with van der Waals surface area (Å²) < 4.78 is 40.8. The van der Waals surface area contributed by atoms with Gasteiger partial charge in [0.1, 0.15) is 5.82 Å². The first-order valence-electron chi connectivity index (χ1n) is 5.63. The summed E-state index contributed by atoms with van der Waals surface area (Å²) in [5.41, 5.74) is 6.39. The average Bonchev–Trinajstić information content (AvgIpc) is 2.36. The minimum atomic E-state index is -3.83. The Balaban J connectivity index is 2.46. The van der Waals surface area contributed by atoms with Crippen LogP contribution in [0.25, 0.3) is 0 Å². The Bertz CT molecular complexity index is 763. The number of nitrogen functional groups attached to an aromatic ring is 1. The maximum absolute atomic E-state index is 13.2. The molecule has 0 unspecified atom stereocenters. The molecule has 20 heavy (non-hydrogen) atoms. The fraction of sp³-hybridized carbons (Fsp3) is 0.0769. The summed E-state index contributed by atoms with van der Waals surface area (Å²) in [4.78, 5) is 0.107. The van der Waals surface area contributed by atoms with Crippen LogP contribution in [0.4, 0.5) is 15.8 Å². The summed E-state index contributed by atoms with van der Waals surface area (Å²) in [6, 6.07) is 8.41. The van der Waals surface area contributed by atoms with E-state index in [0.717, 1.165) is 12.1 Å². The van der Waals surface area contributed by atoms with Crippen LogP contribution in [0, 0.1) is 12.7 Å². The second-order valence-corrected chi connectivity index (χ2v) is 6.81. The van der Waals surface area contributed by atoms with Gasteiger partial charge in [-0.25, -0.2) is 12.8 Å². The third-order valence-corrected chi connectivity index (χ3v) is 4.70. The van der Waals surface area contributed by atoms with Crippen molar-refractivity contribution in [2.24, 2.45) is 0 Å². The quantitative estimate of drug-likeness (QED) is 0.827. The van der Waals surface area contributed by atoms with Gasteiger partial charge in [-0.05, 0) is 36.8 Å². The van der Waals surface area contributed by atoms with E-state index in [2.05, 4.69) is 20.7 Å². The molecule has 0 aliphatic carbocycles. The molecule has 2 aromatic carbocycles. The predicted molar refractivity (Wildman–Crippen MR) is 80.5 cm³/mol. The third-order valence-electron chi connectivity index (χ3n) is 2.70. The van der Waals surface area contributed by atoms with Gasteiger partial charge in [0, 0.05) is 10.5 Å². The van der Waals surface area contributed by atoms with Crippen LogP contribution in [0.15, 0.2) is 45.8 Å². The lowest BCUT2D eigenvalue weighted by molar-refractivity contribution is 0.600. The predicted octanol–water partition coefficient (Wildman–Crippen LogP) is 3.28. The summed E-state index contributed by atoms with van der Waals surface area (Å²) >= 11 is 3.22. The van der Waals surface area contributed by atoms with E-state index in [0.29, 0.717) is 10.0 Å². The second kappa shape index (κ2) is 5.41. The molecule has 0 aromatic heterocycles. The zero-order chi connectivity index (χ0) is 14.9. The zero-order valence-electron chi connectivity index (χ0n) is 10.5. The molecule has 0 fully saturated rings. The molecule has 2 rings (SSSR count). The number of hydrogen-bond acceptors (Lipinski definition) is 3. The van der Waals surface area contributed by atoms with Gasteiger partial charge in [-0.3, -0.25) is 4.72 Å². The van der Waals surface area contributed by atoms with Crippen molar-refractivity contribution < 1.29 is 12.8 Å². The number of aryl methyl sites for hydroxylation is 1. The molecule has 0 aliphatic heterocycles. The molecule has 4 nitrogen and oxygen atoms in total. The first-order chi connectivity index (χ1) is 9.29. The van der Waals surface area contributed by atoms with Crippen molar-refractivity contribution in [1.29, 1.82) is 0 Å². The zero-order valence-corrected chi connectivity index (χ0v) is 12.9. The van der Waals surface area contributed by atoms with E-state index in [1.165, 1.54) is 12.1 Å². The van der Waals surface area contributed by atoms with Crippen molar-refractivity contribution >= 4 is 37.3 Å². The molecule has 0 saturated heterocycles. The molecule has 0 radical (unpaired) electrons. The summed E-state index contributed by atoms with van der Waals surface area (Å²) in [7, 11) is -3.83. The Morgan fingerprint density at radius 1 is 1.20 bits per heavy atom. The highest BCUT2D eigenvalue weighted by Gasteiger charge is 2.18. The largest absolute Gasteiger partial charge is 0.397 e. The Labute approximate surface area is 125 Å². The van der Waals surface area contributed by atoms with Gasteiger partial charge in [0.2, 0.25) is 0 Å². The number of halogens is 2. The lowest BCUT2D eigenvalue weighted by atomic mass is 10.2. The summed E-state index contributed by atoms with van der Waals surface area (Å²) in [5, 5.41) is 0. The normalized spacial score (nSPS) is 11.3. The molecule has 3 N–H and O–H groups in total. The average molecular weight is 359 g/mol. The van der Waals surface area contributed by atoms with Gasteiger partial charge >= 0.3 is 0 Å². The molecule has 0 saturated carbocycles. The minimum absolute atomic E-state index is 0.0179. The Hall–Kier alpha value is -1.60. The number of nitrogens with two attached hydrogens (primary N) is 1. The lowest BCUT2D eigenvalue weighted by Gasteiger charge is -2.12. The SMILES string of the molecule is Cc1ccc(Br)cc1S(=O)(=O)Nc1cc(F)ccc1N. The Kier molecular flexibility index (Phi) is 4.01. The van der Waals surface area contributed by atoms with Crippen LogP contribution < -0.4 is 10.5 Å². The highest BCUT2D eigenvalue weighted by atomic mass is 79.9. The first-order valence-corrected chi connectivity index (χ1v) is 7.91. The molecule has 0 aliphatic rings. The monoisotopic (exact) mass is 358 g/mol. The highest BCUT2D eigenvalue weighted by Crippen LogP contribution is 2.26. The van der Waals surface area contributed by atoms with E-state index in [9.17, 15) is 12.8 Å². The number of hydrogen-bond donors (Lipinski definition) is 2. The van der Waals surface area contributed by atoms with Crippen LogP contribution in [0.5, 0.6) is 0 Å². The maximum atomic E-state index is 13.2. The molecule has 0 amide bonds. The van der Waals surface area contributed by atoms with Gasteiger partial charge in [-0.15, -0.1) is 0 Å². The number of benzene rings is 2. The van der Waals surface area contributed by atoms with Crippen molar-refractivity contribution in [2.45, 2.75) is 11.8 Å². The summed E-state index contributed by atoms with van der Waals surface area (Å²) in [6.07, 6.45) is 0. The number of anilines is 2. The van der Waals surface area contributed by atoms with E-state index in [4.69, 9.17) is 5.73 Å². The van der Waals surface area contributed by atoms with Gasteiger partial charge in [0.05, 0.1) is 16.3 Å². The third kappa shape index (κ3) is 3.10. The van der Waals surface area contributed by atoms with Crippen LogP contribution in [-0.2, 0) is 10.0 Å². The van der Waals surface area contributed by atoms with Crippen LogP contribution in [0.1, 0.15) is 5.56 Å². The molecule has 0 atom stereocenters. The minimum Gasteiger partial charge on any atom is -0.397 e. The number of rotatable bonds is 3. The van der Waals surface area contributed by atoms with Gasteiger partial charge in [-0.2, -0.15) is 0 Å². The molecule has 0 bridgehead atoms. The van der Waals surface area contributed by atoms with Gasteiger partial charge in [0.25, 0.3) is 10.0 Å². The summed E-state index contributed by atoms with van der Waals surface area (Å²) in [6.45, 7) is 1.68. The van der Waals surface area contributed by atoms with Gasteiger partial charge < -0.3 is 5.73 Å². The molecule has 0 spiro atoms. The van der Waals surface area contributed by atoms with Crippen LogP contribution >= 0.6 is 15.9 Å². The molecule has 106 valence electrons. The van der Waals surface area contributed by atoms with Crippen molar-refractivity contribution in [3.63, 3.8) is 0 Å². The van der Waals surface area contributed by atoms with Crippen molar-refractivity contribution in [2.75, 3.05) is 10.5 Å². The van der Waals surface area contributed by atoms with E-state index in [1.807, 2.05) is 0 Å². The van der Waals surface area contributed by atoms with Crippen LogP contribution in [0.2, 0.25) is 0 Å². The van der Waals surface area contributed by atoms with Gasteiger partial charge in [-0.1, -0.05) is 22.0 Å². The van der Waals surface area contributed by atoms with Crippen molar-refractivity contribution in [1.82, 2.24) is 0 Å². The van der Waals surface area contributed by atoms with Crippen molar-refractivity contribution in [3.05, 3.63) is 52.3 Å². The number of nitrogens with one attached hydrogen (secondary N) is 1. The molecule has 0 heterocycles. The first kappa shape index (κ1) is 14.8. The Morgan fingerprint density at radius 3 is 2.60 bits per heavy atom. The van der Waals surface area contributed by atoms with Crippen molar-refractivity contribution in [3.8, 4) is 0 Å². The smallest absolute Gasteiger partial charge is 0.262 e. The van der Waals surface area contributed by atoms with E-state index < -0.39 is 15.8 Å². The van der Waals surface area contributed by atoms with Gasteiger partial charge in [0.15, 0.2) is 0 Å². The van der Waals surface area contributed by atoms with E-state index in [-0.39, 0.29) is 16.3 Å². The molecular formula is C13H12BrFN2O2S. The Morgan fingerprint density at radius 2 is 1.90 bits per heavy atom. The maximum Gasteiger partial charge on any atom is 0.262 e. The second-order valence-electron chi connectivity index (χ2n) is 4.25. The number of sulfonamides is 1. The van der Waals surface area contributed by atoms with E-state index in [1.54, 1.807) is 19.1 Å². The fourth-order valence-electron chi connectivity index (χ4n) is 1.68. The topological polar surface area (TPSA) is 72.2 Å². The molecule has 7 heteroatoms. The molecule has 2 aromatic rings. The van der Waals surface area contributed by atoms with Crippen LogP contribution in [0.3, 0.4) is 0 Å². The fourth-order valence-corrected chi connectivity index (χ4v) is 3.54.